The van der Waals surface area contributed by atoms with Gasteiger partial charge in [-0.1, -0.05) is 6.07 Å². The molecule has 0 spiro atoms. The molecule has 12 nitrogen and oxygen atoms in total. The van der Waals surface area contributed by atoms with Crippen LogP contribution in [0.15, 0.2) is 42.7 Å². The molecule has 3 heterocycles. The molecule has 0 unspecified atom stereocenters. The minimum absolute atomic E-state index is 0.0406. The summed E-state index contributed by atoms with van der Waals surface area (Å²) >= 11 is 0. The summed E-state index contributed by atoms with van der Waals surface area (Å²) in [5.74, 6) is -2.90. The Morgan fingerprint density at radius 2 is 1.16 bits per heavy atom. The zero-order valence-corrected chi connectivity index (χ0v) is 20.8. The highest BCUT2D eigenvalue weighted by Crippen LogP contribution is 2.09. The zero-order chi connectivity index (χ0) is 26.6. The van der Waals surface area contributed by atoms with E-state index in [1.165, 1.54) is 6.07 Å². The topological polar surface area (TPSA) is 151 Å². The first-order valence-corrected chi connectivity index (χ1v) is 12.2. The molecule has 2 aromatic heterocycles. The van der Waals surface area contributed by atoms with Gasteiger partial charge in [-0.05, 0) is 29.8 Å². The minimum atomic E-state index is -1.10. The largest absolute Gasteiger partial charge is 0.480 e. The highest BCUT2D eigenvalue weighted by molar-refractivity contribution is 5.85. The Kier molecular flexibility index (Phi) is 10.9. The lowest BCUT2D eigenvalue weighted by molar-refractivity contribution is -0.139. The van der Waals surface area contributed by atoms with Crippen molar-refractivity contribution in [2.75, 3.05) is 65.4 Å². The molecule has 0 amide bonds. The molecular formula is C25H34N6O6. The van der Waals surface area contributed by atoms with Crippen molar-refractivity contribution in [2.45, 2.75) is 13.1 Å². The van der Waals surface area contributed by atoms with E-state index in [0.29, 0.717) is 71.1 Å². The number of pyridine rings is 2. The van der Waals surface area contributed by atoms with Gasteiger partial charge in [0.25, 0.3) is 0 Å². The molecule has 3 N–H and O–H groups in total. The summed E-state index contributed by atoms with van der Waals surface area (Å²) in [5, 5.41) is 28.2. The van der Waals surface area contributed by atoms with Gasteiger partial charge in [-0.2, -0.15) is 0 Å². The van der Waals surface area contributed by atoms with E-state index in [1.54, 1.807) is 24.5 Å². The molecule has 0 saturated carbocycles. The van der Waals surface area contributed by atoms with Gasteiger partial charge in [-0.25, -0.2) is 9.78 Å². The van der Waals surface area contributed by atoms with Crippen molar-refractivity contribution in [3.63, 3.8) is 0 Å². The first kappa shape index (κ1) is 28.1. The average Bonchev–Trinajstić information content (AvgIpc) is 2.85. The third-order valence-electron chi connectivity index (χ3n) is 6.21. The van der Waals surface area contributed by atoms with Crippen LogP contribution in [0.4, 0.5) is 0 Å². The van der Waals surface area contributed by atoms with Crippen LogP contribution in [0, 0.1) is 0 Å². The van der Waals surface area contributed by atoms with Crippen LogP contribution in [-0.2, 0) is 22.7 Å². The van der Waals surface area contributed by atoms with Gasteiger partial charge in [0.05, 0.1) is 18.8 Å². The standard InChI is InChI=1S/C25H34N6O6/c32-23(33)18-30-12-8-28(16-20-4-6-26-7-5-20)9-13-31(19-24(34)35)15-11-29(10-14-30)17-21-2-1-3-22(27-21)25(36)37/h1-7H,8-19H2,(H,32,33)(H,34,35)(H,36,37). The Labute approximate surface area is 215 Å². The van der Waals surface area contributed by atoms with Gasteiger partial charge in [0.2, 0.25) is 0 Å². The number of hydrogen-bond acceptors (Lipinski definition) is 9. The Hall–Kier alpha value is -3.45. The fourth-order valence-electron chi connectivity index (χ4n) is 4.26. The second kappa shape index (κ2) is 14.3. The van der Waals surface area contributed by atoms with Crippen LogP contribution in [0.2, 0.25) is 0 Å². The monoisotopic (exact) mass is 514 g/mol. The minimum Gasteiger partial charge on any atom is -0.480 e. The molecule has 37 heavy (non-hydrogen) atoms. The van der Waals surface area contributed by atoms with E-state index in [9.17, 15) is 29.7 Å². The zero-order valence-electron chi connectivity index (χ0n) is 20.8. The Bertz CT molecular complexity index is 1010. The van der Waals surface area contributed by atoms with Gasteiger partial charge in [0, 0.05) is 77.8 Å². The molecule has 2 aromatic rings. The second-order valence-corrected chi connectivity index (χ2v) is 9.07. The third-order valence-corrected chi connectivity index (χ3v) is 6.21. The van der Waals surface area contributed by atoms with Gasteiger partial charge in [0.15, 0.2) is 0 Å². The summed E-state index contributed by atoms with van der Waals surface area (Å²) in [5.41, 5.74) is 1.63. The van der Waals surface area contributed by atoms with E-state index >= 15 is 0 Å². The van der Waals surface area contributed by atoms with Crippen LogP contribution in [0.25, 0.3) is 0 Å². The van der Waals surface area contributed by atoms with E-state index in [-0.39, 0.29) is 18.8 Å². The van der Waals surface area contributed by atoms with Crippen LogP contribution >= 0.6 is 0 Å². The fraction of sp³-hybridized carbons (Fsp3) is 0.480. The van der Waals surface area contributed by atoms with Crippen molar-refractivity contribution < 1.29 is 29.7 Å². The first-order valence-electron chi connectivity index (χ1n) is 12.2. The van der Waals surface area contributed by atoms with Gasteiger partial charge in [-0.3, -0.25) is 34.2 Å². The number of nitrogens with zero attached hydrogens (tertiary/aromatic N) is 6. The van der Waals surface area contributed by atoms with Crippen molar-refractivity contribution in [3.8, 4) is 0 Å². The third kappa shape index (κ3) is 10.2. The lowest BCUT2D eigenvalue weighted by Crippen LogP contribution is -2.47. The predicted octanol–water partition coefficient (Wildman–Crippen LogP) is 0.266. The van der Waals surface area contributed by atoms with Crippen molar-refractivity contribution >= 4 is 17.9 Å². The van der Waals surface area contributed by atoms with Crippen LogP contribution in [0.5, 0.6) is 0 Å². The number of aromatic nitrogens is 2. The van der Waals surface area contributed by atoms with Crippen molar-refractivity contribution in [1.29, 1.82) is 0 Å². The Balaban J connectivity index is 1.76. The summed E-state index contributed by atoms with van der Waals surface area (Å²) in [6, 6.07) is 8.71. The normalized spacial score (nSPS) is 17.5. The van der Waals surface area contributed by atoms with Gasteiger partial charge < -0.3 is 15.3 Å². The van der Waals surface area contributed by atoms with Crippen LogP contribution < -0.4 is 0 Å². The maximum Gasteiger partial charge on any atom is 0.354 e. The molecule has 3 rings (SSSR count). The van der Waals surface area contributed by atoms with Gasteiger partial charge in [0.1, 0.15) is 5.69 Å². The number of hydrogen-bond donors (Lipinski definition) is 3. The number of carbonyl (C=O) groups is 3. The van der Waals surface area contributed by atoms with Crippen molar-refractivity contribution in [2.24, 2.45) is 0 Å². The summed E-state index contributed by atoms with van der Waals surface area (Å²) < 4.78 is 0. The van der Waals surface area contributed by atoms with E-state index in [1.807, 2.05) is 21.9 Å². The van der Waals surface area contributed by atoms with E-state index in [0.717, 1.165) is 5.56 Å². The molecule has 12 heteroatoms. The highest BCUT2D eigenvalue weighted by atomic mass is 16.4. The maximum absolute atomic E-state index is 11.5. The molecule has 1 saturated heterocycles. The number of rotatable bonds is 9. The van der Waals surface area contributed by atoms with Crippen LogP contribution in [0.1, 0.15) is 21.7 Å². The highest BCUT2D eigenvalue weighted by Gasteiger charge is 2.20. The number of aliphatic carboxylic acids is 2. The number of aromatic carboxylic acids is 1. The summed E-state index contributed by atoms with van der Waals surface area (Å²) in [4.78, 5) is 50.7. The Morgan fingerprint density at radius 1 is 0.676 bits per heavy atom. The smallest absolute Gasteiger partial charge is 0.354 e. The van der Waals surface area contributed by atoms with Gasteiger partial charge >= 0.3 is 17.9 Å². The molecule has 0 atom stereocenters. The van der Waals surface area contributed by atoms with Crippen molar-refractivity contribution in [1.82, 2.24) is 29.6 Å². The van der Waals surface area contributed by atoms with Crippen LogP contribution in [0.3, 0.4) is 0 Å². The molecule has 0 bridgehead atoms. The molecular weight excluding hydrogens is 480 g/mol. The second-order valence-electron chi connectivity index (χ2n) is 9.07. The van der Waals surface area contributed by atoms with Crippen molar-refractivity contribution in [3.05, 3.63) is 59.7 Å². The first-order chi connectivity index (χ1) is 17.8. The van der Waals surface area contributed by atoms with E-state index in [2.05, 4.69) is 19.8 Å². The van der Waals surface area contributed by atoms with E-state index < -0.39 is 17.9 Å². The van der Waals surface area contributed by atoms with Crippen LogP contribution in [-0.4, -0.2) is 128 Å². The average molecular weight is 515 g/mol. The summed E-state index contributed by atoms with van der Waals surface area (Å²) in [6.07, 6.45) is 3.46. The summed E-state index contributed by atoms with van der Waals surface area (Å²) in [7, 11) is 0. The van der Waals surface area contributed by atoms with Gasteiger partial charge in [-0.15, -0.1) is 0 Å². The predicted molar refractivity (Wildman–Crippen MR) is 134 cm³/mol. The fourth-order valence-corrected chi connectivity index (χ4v) is 4.26. The lowest BCUT2D eigenvalue weighted by atomic mass is 10.2. The lowest BCUT2D eigenvalue weighted by Gasteiger charge is -2.33. The quantitative estimate of drug-likeness (QED) is 0.421. The summed E-state index contributed by atoms with van der Waals surface area (Å²) in [6.45, 7) is 5.21. The Morgan fingerprint density at radius 3 is 1.65 bits per heavy atom. The van der Waals surface area contributed by atoms with E-state index in [4.69, 9.17) is 0 Å². The SMILES string of the molecule is O=C(O)CN1CCN(Cc2ccncc2)CCN(CC(=O)O)CCN(Cc2cccc(C(=O)O)n2)CC1. The maximum atomic E-state index is 11.5. The molecule has 0 radical (unpaired) electrons. The number of carboxylic acid groups (broad SMARTS) is 3. The molecule has 200 valence electrons. The molecule has 0 aromatic carbocycles. The molecule has 1 aliphatic heterocycles. The molecule has 1 fully saturated rings. The number of carboxylic acids is 3. The molecule has 0 aliphatic carbocycles. The molecule has 1 aliphatic rings.